The number of anilines is 1. The zero-order chi connectivity index (χ0) is 20.2. The number of rotatable bonds is 4. The summed E-state index contributed by atoms with van der Waals surface area (Å²) in [7, 11) is 0. The zero-order valence-electron chi connectivity index (χ0n) is 16.0. The number of piperidine rings is 1. The number of nitrogens with one attached hydrogen (secondary N) is 1. The molecule has 1 atom stereocenters. The van der Waals surface area contributed by atoms with Crippen molar-refractivity contribution in [2.75, 3.05) is 18.4 Å². The van der Waals surface area contributed by atoms with Gasteiger partial charge in [0.25, 0.3) is 5.91 Å². The van der Waals surface area contributed by atoms with Gasteiger partial charge in [0, 0.05) is 43.9 Å². The van der Waals surface area contributed by atoms with Crippen LogP contribution in [-0.2, 0) is 0 Å². The first kappa shape index (κ1) is 19.3. The minimum absolute atomic E-state index is 0.108. The van der Waals surface area contributed by atoms with Gasteiger partial charge in [-0.3, -0.25) is 9.78 Å². The molecule has 1 N–H and O–H groups in total. The van der Waals surface area contributed by atoms with Gasteiger partial charge >= 0.3 is 0 Å². The number of carbonyl (C=O) groups excluding carboxylic acids is 1. The number of amides is 1. The van der Waals surface area contributed by atoms with Crippen LogP contribution in [0.4, 0.5) is 5.82 Å². The largest absolute Gasteiger partial charge is 0.366 e. The molecule has 1 unspecified atom stereocenters. The van der Waals surface area contributed by atoms with E-state index in [-0.39, 0.29) is 11.9 Å². The first-order valence-corrected chi connectivity index (χ1v) is 9.89. The minimum Gasteiger partial charge on any atom is -0.366 e. The van der Waals surface area contributed by atoms with E-state index in [1.54, 1.807) is 36.9 Å². The predicted octanol–water partition coefficient (Wildman–Crippen LogP) is 3.61. The highest BCUT2D eigenvalue weighted by Gasteiger charge is 2.27. The first-order chi connectivity index (χ1) is 14.1. The Morgan fingerprint density at radius 3 is 2.76 bits per heavy atom. The van der Waals surface area contributed by atoms with Gasteiger partial charge in [0.05, 0.1) is 10.6 Å². The number of hydrogen-bond acceptors (Lipinski definition) is 6. The molecule has 7 nitrogen and oxygen atoms in total. The molecule has 0 saturated carbocycles. The molecule has 0 aromatic carbocycles. The monoisotopic (exact) mass is 408 g/mol. The van der Waals surface area contributed by atoms with Crippen molar-refractivity contribution in [1.82, 2.24) is 24.8 Å². The SMILES string of the molecule is Cc1cnc(C(=O)N2CCCC(Nc3ccc(Cl)cn3)C2)c(-c2ncccn2)c1. The second kappa shape index (κ2) is 8.53. The van der Waals surface area contributed by atoms with Crippen molar-refractivity contribution in [1.29, 1.82) is 0 Å². The van der Waals surface area contributed by atoms with E-state index in [1.165, 1.54) is 0 Å². The third-order valence-electron chi connectivity index (χ3n) is 4.82. The lowest BCUT2D eigenvalue weighted by atomic mass is 10.0. The quantitative estimate of drug-likeness (QED) is 0.709. The van der Waals surface area contributed by atoms with Gasteiger partial charge in [0.1, 0.15) is 11.5 Å². The van der Waals surface area contributed by atoms with Gasteiger partial charge < -0.3 is 10.2 Å². The Bertz CT molecular complexity index is 996. The van der Waals surface area contributed by atoms with Crippen molar-refractivity contribution >= 4 is 23.3 Å². The highest BCUT2D eigenvalue weighted by atomic mass is 35.5. The van der Waals surface area contributed by atoms with Crippen LogP contribution in [0.1, 0.15) is 28.9 Å². The van der Waals surface area contributed by atoms with Crippen molar-refractivity contribution < 1.29 is 4.79 Å². The van der Waals surface area contributed by atoms with Crippen LogP contribution in [0.5, 0.6) is 0 Å². The van der Waals surface area contributed by atoms with Crippen LogP contribution in [0.15, 0.2) is 49.1 Å². The maximum Gasteiger partial charge on any atom is 0.273 e. The number of likely N-dealkylation sites (tertiary alicyclic amines) is 1. The Kier molecular flexibility index (Phi) is 5.67. The van der Waals surface area contributed by atoms with Gasteiger partial charge in [-0.2, -0.15) is 0 Å². The lowest BCUT2D eigenvalue weighted by Crippen LogP contribution is -2.45. The standard InChI is InChI=1S/C21H21ClN6O/c1-14-10-17(20-23-7-3-8-24-20)19(26-11-14)21(29)28-9-2-4-16(13-28)27-18-6-5-15(22)12-25-18/h3,5-8,10-12,16H,2,4,9,13H2,1H3,(H,25,27). The third kappa shape index (κ3) is 4.51. The molecule has 8 heteroatoms. The van der Waals surface area contributed by atoms with E-state index in [1.807, 2.05) is 24.0 Å². The van der Waals surface area contributed by atoms with Crippen LogP contribution in [-0.4, -0.2) is 49.9 Å². The first-order valence-electron chi connectivity index (χ1n) is 9.51. The summed E-state index contributed by atoms with van der Waals surface area (Å²) in [6.45, 7) is 3.21. The Balaban J connectivity index is 1.54. The van der Waals surface area contributed by atoms with Gasteiger partial charge in [-0.15, -0.1) is 0 Å². The summed E-state index contributed by atoms with van der Waals surface area (Å²) in [6, 6.07) is 7.41. The van der Waals surface area contributed by atoms with Crippen LogP contribution >= 0.6 is 11.6 Å². The highest BCUT2D eigenvalue weighted by Crippen LogP contribution is 2.23. The fourth-order valence-corrected chi connectivity index (χ4v) is 3.56. The van der Waals surface area contributed by atoms with Gasteiger partial charge in [-0.05, 0) is 49.6 Å². The molecule has 4 rings (SSSR count). The van der Waals surface area contributed by atoms with Crippen LogP contribution in [0.2, 0.25) is 5.02 Å². The summed E-state index contributed by atoms with van der Waals surface area (Å²) in [5, 5.41) is 3.99. The van der Waals surface area contributed by atoms with Crippen molar-refractivity contribution in [2.45, 2.75) is 25.8 Å². The fraction of sp³-hybridized carbons (Fsp3) is 0.286. The van der Waals surface area contributed by atoms with Crippen LogP contribution in [0.25, 0.3) is 11.4 Å². The Morgan fingerprint density at radius 2 is 2.00 bits per heavy atom. The number of aryl methyl sites for hydroxylation is 1. The molecule has 1 saturated heterocycles. The summed E-state index contributed by atoms with van der Waals surface area (Å²) >= 11 is 5.90. The average Bonchev–Trinajstić information content (AvgIpc) is 2.76. The maximum atomic E-state index is 13.3. The van der Waals surface area contributed by atoms with Gasteiger partial charge in [-0.25, -0.2) is 15.0 Å². The predicted molar refractivity (Wildman–Crippen MR) is 112 cm³/mol. The van der Waals surface area contributed by atoms with Crippen LogP contribution < -0.4 is 5.32 Å². The number of halogens is 1. The van der Waals surface area contributed by atoms with Crippen LogP contribution in [0, 0.1) is 6.92 Å². The average molecular weight is 409 g/mol. The van der Waals surface area contributed by atoms with E-state index in [0.29, 0.717) is 35.2 Å². The summed E-state index contributed by atoms with van der Waals surface area (Å²) in [6.07, 6.45) is 8.51. The van der Waals surface area contributed by atoms with Crippen molar-refractivity contribution in [3.63, 3.8) is 0 Å². The summed E-state index contributed by atoms with van der Waals surface area (Å²) in [5.41, 5.74) is 1.99. The van der Waals surface area contributed by atoms with Gasteiger partial charge in [0.15, 0.2) is 5.82 Å². The highest BCUT2D eigenvalue weighted by molar-refractivity contribution is 6.30. The Hall–Kier alpha value is -3.06. The molecule has 3 aromatic heterocycles. The third-order valence-corrected chi connectivity index (χ3v) is 5.05. The second-order valence-corrected chi connectivity index (χ2v) is 7.51. The molecule has 1 amide bonds. The fourth-order valence-electron chi connectivity index (χ4n) is 3.45. The summed E-state index contributed by atoms with van der Waals surface area (Å²) in [5.74, 6) is 1.15. The van der Waals surface area contributed by atoms with Crippen molar-refractivity contribution in [2.24, 2.45) is 0 Å². The molecule has 0 aliphatic carbocycles. The molecule has 3 aromatic rings. The van der Waals surface area contributed by atoms with E-state index >= 15 is 0 Å². The molecular weight excluding hydrogens is 388 g/mol. The van der Waals surface area contributed by atoms with Crippen molar-refractivity contribution in [3.8, 4) is 11.4 Å². The molecule has 29 heavy (non-hydrogen) atoms. The van der Waals surface area contributed by atoms with E-state index in [9.17, 15) is 4.79 Å². The molecule has 0 bridgehead atoms. The van der Waals surface area contributed by atoms with E-state index in [4.69, 9.17) is 11.6 Å². The number of aromatic nitrogens is 4. The molecule has 1 aliphatic rings. The number of hydrogen-bond donors (Lipinski definition) is 1. The maximum absolute atomic E-state index is 13.3. The van der Waals surface area contributed by atoms with E-state index < -0.39 is 0 Å². The molecule has 0 spiro atoms. The van der Waals surface area contributed by atoms with Crippen molar-refractivity contribution in [3.05, 3.63) is 65.3 Å². The zero-order valence-corrected chi connectivity index (χ0v) is 16.8. The smallest absolute Gasteiger partial charge is 0.273 e. The molecule has 1 fully saturated rings. The molecule has 1 aliphatic heterocycles. The molecule has 4 heterocycles. The Morgan fingerprint density at radius 1 is 1.17 bits per heavy atom. The Labute approximate surface area is 174 Å². The second-order valence-electron chi connectivity index (χ2n) is 7.08. The summed E-state index contributed by atoms with van der Waals surface area (Å²) in [4.78, 5) is 32.5. The van der Waals surface area contributed by atoms with E-state index in [0.717, 1.165) is 24.2 Å². The minimum atomic E-state index is -0.108. The molecular formula is C21H21ClN6O. The summed E-state index contributed by atoms with van der Waals surface area (Å²) < 4.78 is 0. The number of nitrogens with zero attached hydrogens (tertiary/aromatic N) is 5. The lowest BCUT2D eigenvalue weighted by molar-refractivity contribution is 0.0709. The van der Waals surface area contributed by atoms with Crippen LogP contribution in [0.3, 0.4) is 0 Å². The molecule has 0 radical (unpaired) electrons. The molecule has 148 valence electrons. The normalized spacial score (nSPS) is 16.5. The van der Waals surface area contributed by atoms with Gasteiger partial charge in [-0.1, -0.05) is 11.6 Å². The lowest BCUT2D eigenvalue weighted by Gasteiger charge is -2.33. The topological polar surface area (TPSA) is 83.9 Å². The number of carbonyl (C=O) groups is 1. The number of pyridine rings is 2. The van der Waals surface area contributed by atoms with Gasteiger partial charge in [0.2, 0.25) is 0 Å². The van der Waals surface area contributed by atoms with E-state index in [2.05, 4.69) is 25.3 Å².